The van der Waals surface area contributed by atoms with Crippen molar-refractivity contribution in [3.63, 3.8) is 0 Å². The van der Waals surface area contributed by atoms with Gasteiger partial charge in [0.05, 0.1) is 0 Å². The van der Waals surface area contributed by atoms with Gasteiger partial charge in [-0.2, -0.15) is 0 Å². The molecule has 0 rings (SSSR count). The van der Waals surface area contributed by atoms with Crippen molar-refractivity contribution in [2.45, 2.75) is 65.5 Å². The van der Waals surface area contributed by atoms with E-state index in [1.54, 1.807) is 0 Å². The van der Waals surface area contributed by atoms with Gasteiger partial charge in [-0.3, -0.25) is 0 Å². The minimum absolute atomic E-state index is 0. The summed E-state index contributed by atoms with van der Waals surface area (Å²) >= 11 is 0. The van der Waals surface area contributed by atoms with Crippen molar-refractivity contribution in [3.8, 4) is 0 Å². The number of hydrogen-bond acceptors (Lipinski definition) is 2. The van der Waals surface area contributed by atoms with Crippen molar-refractivity contribution < 1.29 is 33.5 Å². The first-order valence-electron chi connectivity index (χ1n) is 5.34. The zero-order chi connectivity index (χ0) is 11.2. The lowest BCUT2D eigenvalue weighted by molar-refractivity contribution is -0.0000272. The van der Waals surface area contributed by atoms with Crippen LogP contribution >= 0.6 is 0 Å². The van der Waals surface area contributed by atoms with Crippen molar-refractivity contribution in [1.82, 2.24) is 5.32 Å². The summed E-state index contributed by atoms with van der Waals surface area (Å²) in [5.41, 5.74) is -0.408. The second-order valence-corrected chi connectivity index (χ2v) is 4.69. The number of amides is 1. The summed E-state index contributed by atoms with van der Waals surface area (Å²) in [7, 11) is 0. The number of carbonyl (C=O) groups is 1. The number of hydrogen-bond donors (Lipinski definition) is 1. The summed E-state index contributed by atoms with van der Waals surface area (Å²) in [4.78, 5) is 11.3. The van der Waals surface area contributed by atoms with E-state index in [1.807, 2.05) is 27.7 Å². The van der Waals surface area contributed by atoms with E-state index in [-0.39, 0.29) is 36.1 Å². The first-order chi connectivity index (χ1) is 6.35. The van der Waals surface area contributed by atoms with Crippen LogP contribution in [0.25, 0.3) is 0 Å². The Labute approximate surface area is 110 Å². The van der Waals surface area contributed by atoms with E-state index in [2.05, 4.69) is 12.2 Å². The number of alkyl carbamates (subject to hydrolysis) is 1. The molecular weight excluding hydrogens is 305 g/mol. The molecule has 0 saturated heterocycles. The van der Waals surface area contributed by atoms with Crippen LogP contribution in [-0.4, -0.2) is 17.7 Å². The third kappa shape index (κ3) is 11.9. The van der Waals surface area contributed by atoms with Crippen molar-refractivity contribution >= 4 is 6.09 Å². The minimum Gasteiger partial charge on any atom is -1.00 e. The Morgan fingerprint density at radius 3 is 2.33 bits per heavy atom. The van der Waals surface area contributed by atoms with Gasteiger partial charge >= 0.3 is 6.09 Å². The van der Waals surface area contributed by atoms with Crippen LogP contribution in [0.5, 0.6) is 0 Å². The normalized spacial score (nSPS) is 12.6. The van der Waals surface area contributed by atoms with Crippen LogP contribution in [0.2, 0.25) is 0 Å². The van der Waals surface area contributed by atoms with Crippen LogP contribution < -0.4 is 29.3 Å². The SMILES string of the molecule is CCCC[C@@H](C)NC(=O)OC(C)(C)C.[I-]. The molecule has 1 N–H and O–H groups in total. The molecule has 15 heavy (non-hydrogen) atoms. The fourth-order valence-electron chi connectivity index (χ4n) is 1.09. The van der Waals surface area contributed by atoms with Crippen molar-refractivity contribution in [3.05, 3.63) is 0 Å². The van der Waals surface area contributed by atoms with Gasteiger partial charge in [-0.25, -0.2) is 4.79 Å². The fourth-order valence-corrected chi connectivity index (χ4v) is 1.09. The monoisotopic (exact) mass is 328 g/mol. The molecule has 0 aliphatic rings. The molecule has 0 saturated carbocycles. The molecule has 0 bridgehead atoms. The lowest BCUT2D eigenvalue weighted by atomic mass is 10.1. The number of ether oxygens (including phenoxy) is 1. The minimum atomic E-state index is -0.408. The third-order valence-electron chi connectivity index (χ3n) is 1.75. The summed E-state index contributed by atoms with van der Waals surface area (Å²) in [6, 6.07) is 0.199. The first-order valence-corrected chi connectivity index (χ1v) is 5.34. The van der Waals surface area contributed by atoms with Crippen LogP contribution in [0.3, 0.4) is 0 Å². The molecular formula is C11H23INO2-. The molecule has 1 atom stereocenters. The van der Waals surface area contributed by atoms with E-state index < -0.39 is 5.60 Å². The molecule has 0 heterocycles. The molecule has 0 fully saturated rings. The molecule has 0 unspecified atom stereocenters. The largest absolute Gasteiger partial charge is 1.00 e. The number of halogens is 1. The average Bonchev–Trinajstić information content (AvgIpc) is 1.96. The first kappa shape index (κ1) is 17.4. The standard InChI is InChI=1S/C11H23NO2.HI/c1-6-7-8-9(2)12-10(13)14-11(3,4)5;/h9H,6-8H2,1-5H3,(H,12,13);1H/p-1/t9-;/m1./s1. The van der Waals surface area contributed by atoms with Gasteiger partial charge in [-0.15, -0.1) is 0 Å². The highest BCUT2D eigenvalue weighted by atomic mass is 127. The van der Waals surface area contributed by atoms with Gasteiger partial charge in [-0.1, -0.05) is 19.8 Å². The quantitative estimate of drug-likeness (QED) is 0.743. The van der Waals surface area contributed by atoms with Gasteiger partial charge in [0.1, 0.15) is 5.60 Å². The van der Waals surface area contributed by atoms with Crippen LogP contribution in [-0.2, 0) is 4.74 Å². The summed E-state index contributed by atoms with van der Waals surface area (Å²) < 4.78 is 5.14. The molecule has 0 aromatic heterocycles. The maximum Gasteiger partial charge on any atom is 0.407 e. The summed E-state index contributed by atoms with van der Waals surface area (Å²) in [6.07, 6.45) is 2.98. The highest BCUT2D eigenvalue weighted by Crippen LogP contribution is 2.07. The molecule has 92 valence electrons. The molecule has 0 aromatic carbocycles. The number of rotatable bonds is 4. The van der Waals surface area contributed by atoms with E-state index >= 15 is 0 Å². The second kappa shape index (κ2) is 8.19. The third-order valence-corrected chi connectivity index (χ3v) is 1.75. The van der Waals surface area contributed by atoms with Crippen molar-refractivity contribution in [1.29, 1.82) is 0 Å². The van der Waals surface area contributed by atoms with Crippen LogP contribution in [0.1, 0.15) is 53.9 Å². The molecule has 0 aliphatic carbocycles. The average molecular weight is 328 g/mol. The Morgan fingerprint density at radius 2 is 1.93 bits per heavy atom. The second-order valence-electron chi connectivity index (χ2n) is 4.69. The predicted molar refractivity (Wildman–Crippen MR) is 58.4 cm³/mol. The predicted octanol–water partition coefficient (Wildman–Crippen LogP) is 0.0938. The molecule has 0 aliphatic heterocycles. The molecule has 1 amide bonds. The topological polar surface area (TPSA) is 38.3 Å². The fraction of sp³-hybridized carbons (Fsp3) is 0.909. The smallest absolute Gasteiger partial charge is 0.407 e. The summed E-state index contributed by atoms with van der Waals surface area (Å²) in [5.74, 6) is 0. The van der Waals surface area contributed by atoms with Crippen LogP contribution in [0.4, 0.5) is 4.79 Å². The van der Waals surface area contributed by atoms with E-state index in [0.29, 0.717) is 0 Å². The van der Waals surface area contributed by atoms with Gasteiger partial charge in [-0.05, 0) is 34.1 Å². The Kier molecular flexibility index (Phi) is 9.49. The van der Waals surface area contributed by atoms with Crippen molar-refractivity contribution in [2.75, 3.05) is 0 Å². The van der Waals surface area contributed by atoms with Gasteiger partial charge < -0.3 is 34.0 Å². The Morgan fingerprint density at radius 1 is 1.40 bits per heavy atom. The highest BCUT2D eigenvalue weighted by molar-refractivity contribution is 5.67. The molecule has 0 spiro atoms. The van der Waals surface area contributed by atoms with E-state index in [4.69, 9.17) is 4.74 Å². The number of carbonyl (C=O) groups excluding carboxylic acids is 1. The van der Waals surface area contributed by atoms with E-state index in [1.165, 1.54) is 0 Å². The van der Waals surface area contributed by atoms with Crippen molar-refractivity contribution in [2.24, 2.45) is 0 Å². The Balaban J connectivity index is 0. The van der Waals surface area contributed by atoms with Crippen LogP contribution in [0, 0.1) is 0 Å². The molecule has 0 radical (unpaired) electrons. The lowest BCUT2D eigenvalue weighted by Crippen LogP contribution is -3.00. The van der Waals surface area contributed by atoms with Gasteiger partial charge in [0, 0.05) is 6.04 Å². The number of nitrogens with one attached hydrogen (secondary N) is 1. The zero-order valence-corrected chi connectivity index (χ0v) is 12.6. The molecule has 0 aromatic rings. The summed E-state index contributed by atoms with van der Waals surface area (Å²) in [6.45, 7) is 9.73. The maximum absolute atomic E-state index is 11.3. The summed E-state index contributed by atoms with van der Waals surface area (Å²) in [5, 5.41) is 2.81. The van der Waals surface area contributed by atoms with E-state index in [0.717, 1.165) is 19.3 Å². The van der Waals surface area contributed by atoms with E-state index in [9.17, 15) is 4.79 Å². The molecule has 4 heteroatoms. The molecule has 3 nitrogen and oxygen atoms in total. The van der Waals surface area contributed by atoms with Gasteiger partial charge in [0.15, 0.2) is 0 Å². The zero-order valence-electron chi connectivity index (χ0n) is 10.4. The number of unbranched alkanes of at least 4 members (excludes halogenated alkanes) is 1. The highest BCUT2D eigenvalue weighted by Gasteiger charge is 2.17. The lowest BCUT2D eigenvalue weighted by Gasteiger charge is -2.21. The Bertz CT molecular complexity index is 178. The van der Waals surface area contributed by atoms with Gasteiger partial charge in [0.2, 0.25) is 0 Å². The van der Waals surface area contributed by atoms with Crippen LogP contribution in [0.15, 0.2) is 0 Å². The van der Waals surface area contributed by atoms with Gasteiger partial charge in [0.25, 0.3) is 0 Å². The Hall–Kier alpha value is 0. The maximum atomic E-state index is 11.3.